The molecular formula is C14H16BrNO3. The quantitative estimate of drug-likeness (QED) is 0.348. The molecule has 2 atom stereocenters. The van der Waals surface area contributed by atoms with Crippen molar-refractivity contribution in [3.8, 4) is 0 Å². The van der Waals surface area contributed by atoms with Crippen molar-refractivity contribution >= 4 is 21.7 Å². The summed E-state index contributed by atoms with van der Waals surface area (Å²) in [6.07, 6.45) is 2.08. The van der Waals surface area contributed by atoms with Crippen molar-refractivity contribution in [2.24, 2.45) is 5.92 Å². The number of hydrogen-bond acceptors (Lipinski definition) is 3. The molecule has 5 heteroatoms. The zero-order chi connectivity index (χ0) is 14.0. The minimum Gasteiger partial charge on any atom is -0.299 e. The van der Waals surface area contributed by atoms with Gasteiger partial charge in [-0.3, -0.25) is 14.9 Å². The van der Waals surface area contributed by atoms with Crippen LogP contribution >= 0.6 is 15.9 Å². The van der Waals surface area contributed by atoms with Gasteiger partial charge in [-0.1, -0.05) is 30.3 Å². The number of carbonyl (C=O) groups excluding carboxylic acids is 1. The summed E-state index contributed by atoms with van der Waals surface area (Å²) in [5, 5.41) is 11.3. The van der Waals surface area contributed by atoms with E-state index >= 15 is 0 Å². The number of Topliss-reactive ketones (excluding diaryl/α,β-unsaturated/α-hetero) is 1. The van der Waals surface area contributed by atoms with Gasteiger partial charge in [-0.2, -0.15) is 0 Å². The molecule has 102 valence electrons. The zero-order valence-electron chi connectivity index (χ0n) is 10.7. The molecule has 0 N–H and O–H groups in total. The van der Waals surface area contributed by atoms with Crippen LogP contribution in [0.1, 0.15) is 37.7 Å². The summed E-state index contributed by atoms with van der Waals surface area (Å²) < 4.78 is -1.32. The summed E-state index contributed by atoms with van der Waals surface area (Å²) in [4.78, 5) is 22.9. The Kier molecular flexibility index (Phi) is 4.04. The fourth-order valence-electron chi connectivity index (χ4n) is 2.19. The molecule has 0 spiro atoms. The SMILES string of the molecule is C[C@](Br)([C@H](CC(=O)C1CC1)c1ccccc1)[N+](=O)[O-]. The molecule has 1 fully saturated rings. The molecule has 0 aliphatic heterocycles. The number of halogens is 1. The first-order valence-corrected chi connectivity index (χ1v) is 7.13. The first-order chi connectivity index (χ1) is 8.93. The van der Waals surface area contributed by atoms with Gasteiger partial charge in [0.05, 0.1) is 5.92 Å². The summed E-state index contributed by atoms with van der Waals surface area (Å²) in [6, 6.07) is 9.22. The van der Waals surface area contributed by atoms with Gasteiger partial charge in [0.2, 0.25) is 0 Å². The third kappa shape index (κ3) is 3.21. The molecular weight excluding hydrogens is 310 g/mol. The van der Waals surface area contributed by atoms with Crippen molar-refractivity contribution in [2.75, 3.05) is 0 Å². The molecule has 0 heterocycles. The smallest absolute Gasteiger partial charge is 0.279 e. The van der Waals surface area contributed by atoms with E-state index in [0.717, 1.165) is 18.4 Å². The van der Waals surface area contributed by atoms with E-state index in [0.29, 0.717) is 0 Å². The Hall–Kier alpha value is -1.23. The van der Waals surface area contributed by atoms with Crippen molar-refractivity contribution < 1.29 is 9.72 Å². The lowest BCUT2D eigenvalue weighted by molar-refractivity contribution is -0.535. The van der Waals surface area contributed by atoms with Crippen LogP contribution in [0, 0.1) is 16.0 Å². The monoisotopic (exact) mass is 325 g/mol. The second-order valence-electron chi connectivity index (χ2n) is 5.19. The van der Waals surface area contributed by atoms with Crippen molar-refractivity contribution in [1.29, 1.82) is 0 Å². The van der Waals surface area contributed by atoms with Crippen LogP contribution in [0.25, 0.3) is 0 Å². The minimum absolute atomic E-state index is 0.126. The van der Waals surface area contributed by atoms with E-state index < -0.39 is 10.4 Å². The van der Waals surface area contributed by atoms with Crippen LogP contribution < -0.4 is 0 Å². The molecule has 0 amide bonds. The third-order valence-corrected chi connectivity index (χ3v) is 4.48. The van der Waals surface area contributed by atoms with Crippen molar-refractivity contribution in [1.82, 2.24) is 0 Å². The summed E-state index contributed by atoms with van der Waals surface area (Å²) in [6.45, 7) is 1.52. The van der Waals surface area contributed by atoms with Gasteiger partial charge in [0.15, 0.2) is 0 Å². The molecule has 0 unspecified atom stereocenters. The van der Waals surface area contributed by atoms with Gasteiger partial charge in [-0.25, -0.2) is 0 Å². The highest BCUT2D eigenvalue weighted by Crippen LogP contribution is 2.41. The van der Waals surface area contributed by atoms with Crippen molar-refractivity contribution in [3.63, 3.8) is 0 Å². The van der Waals surface area contributed by atoms with Crippen LogP contribution in [0.4, 0.5) is 0 Å². The molecule has 1 aliphatic carbocycles. The van der Waals surface area contributed by atoms with Gasteiger partial charge in [0.1, 0.15) is 5.78 Å². The van der Waals surface area contributed by atoms with Crippen LogP contribution in [-0.4, -0.2) is 15.2 Å². The molecule has 1 aliphatic rings. The first-order valence-electron chi connectivity index (χ1n) is 6.34. The number of ketones is 1. The van der Waals surface area contributed by atoms with E-state index in [9.17, 15) is 14.9 Å². The number of nitro groups is 1. The normalized spacial score (nSPS) is 19.5. The Morgan fingerprint density at radius 1 is 1.47 bits per heavy atom. The minimum atomic E-state index is -1.32. The Morgan fingerprint density at radius 3 is 2.53 bits per heavy atom. The lowest BCUT2D eigenvalue weighted by Gasteiger charge is -2.25. The van der Waals surface area contributed by atoms with Crippen molar-refractivity contribution in [3.05, 3.63) is 46.0 Å². The Balaban J connectivity index is 2.27. The number of rotatable bonds is 6. The molecule has 2 rings (SSSR count). The van der Waals surface area contributed by atoms with E-state index in [2.05, 4.69) is 15.9 Å². The van der Waals surface area contributed by atoms with Crippen LogP contribution in [-0.2, 0) is 4.79 Å². The van der Waals surface area contributed by atoms with Gasteiger partial charge in [-0.15, -0.1) is 0 Å². The van der Waals surface area contributed by atoms with Gasteiger partial charge in [-0.05, 0) is 18.4 Å². The van der Waals surface area contributed by atoms with Gasteiger partial charge in [0.25, 0.3) is 4.45 Å². The predicted octanol–water partition coefficient (Wildman–Crippen LogP) is 3.53. The summed E-state index contributed by atoms with van der Waals surface area (Å²) in [7, 11) is 0. The van der Waals surface area contributed by atoms with Gasteiger partial charge < -0.3 is 0 Å². The molecule has 1 aromatic carbocycles. The van der Waals surface area contributed by atoms with Gasteiger partial charge in [0, 0.05) is 40.1 Å². The number of nitrogens with zero attached hydrogens (tertiary/aromatic N) is 1. The molecule has 19 heavy (non-hydrogen) atoms. The van der Waals surface area contributed by atoms with Crippen molar-refractivity contribution in [2.45, 2.75) is 36.6 Å². The van der Waals surface area contributed by atoms with Crippen LogP contribution in [0.3, 0.4) is 0 Å². The predicted molar refractivity (Wildman–Crippen MR) is 75.9 cm³/mol. The third-order valence-electron chi connectivity index (χ3n) is 3.63. The highest BCUT2D eigenvalue weighted by atomic mass is 79.9. The van der Waals surface area contributed by atoms with Crippen LogP contribution in [0.5, 0.6) is 0 Å². The lowest BCUT2D eigenvalue weighted by Crippen LogP contribution is -2.36. The lowest BCUT2D eigenvalue weighted by atomic mass is 9.87. The van der Waals surface area contributed by atoms with E-state index in [1.807, 2.05) is 30.3 Å². The zero-order valence-corrected chi connectivity index (χ0v) is 12.3. The maximum absolute atomic E-state index is 12.0. The number of benzene rings is 1. The van der Waals surface area contributed by atoms with E-state index in [4.69, 9.17) is 0 Å². The molecule has 0 radical (unpaired) electrons. The molecule has 1 saturated carbocycles. The fraction of sp³-hybridized carbons (Fsp3) is 0.500. The highest BCUT2D eigenvalue weighted by molar-refractivity contribution is 9.10. The highest BCUT2D eigenvalue weighted by Gasteiger charge is 2.46. The molecule has 4 nitrogen and oxygen atoms in total. The second-order valence-corrected chi connectivity index (χ2v) is 6.79. The summed E-state index contributed by atoms with van der Waals surface area (Å²) in [5.74, 6) is -0.181. The maximum Gasteiger partial charge on any atom is 0.279 e. The van der Waals surface area contributed by atoms with Crippen LogP contribution in [0.2, 0.25) is 0 Å². The standard InChI is InChI=1S/C14H16BrNO3/c1-14(15,16(18)19)12(9-13(17)11-7-8-11)10-5-3-2-4-6-10/h2-6,11-12H,7-9H2,1H3/t12-,14-/m1/s1. The summed E-state index contributed by atoms with van der Waals surface area (Å²) in [5.41, 5.74) is 0.826. The first kappa shape index (κ1) is 14.2. The largest absolute Gasteiger partial charge is 0.299 e. The topological polar surface area (TPSA) is 60.2 Å². The fourth-order valence-corrected chi connectivity index (χ4v) is 2.62. The molecule has 0 saturated heterocycles. The maximum atomic E-state index is 12.0. The molecule has 1 aromatic rings. The Labute approximate surface area is 120 Å². The van der Waals surface area contributed by atoms with Crippen LogP contribution in [0.15, 0.2) is 30.3 Å². The van der Waals surface area contributed by atoms with E-state index in [1.54, 1.807) is 0 Å². The average molecular weight is 326 g/mol. The average Bonchev–Trinajstić information content (AvgIpc) is 3.20. The van der Waals surface area contributed by atoms with E-state index in [-0.39, 0.29) is 23.0 Å². The second kappa shape index (κ2) is 5.41. The number of carbonyl (C=O) groups is 1. The van der Waals surface area contributed by atoms with E-state index in [1.165, 1.54) is 6.92 Å². The number of hydrogen-bond donors (Lipinski definition) is 0. The summed E-state index contributed by atoms with van der Waals surface area (Å²) >= 11 is 3.20. The van der Waals surface area contributed by atoms with Gasteiger partial charge >= 0.3 is 0 Å². The Morgan fingerprint density at radius 2 is 2.05 bits per heavy atom. The molecule has 0 aromatic heterocycles. The Bertz CT molecular complexity index is 483. The molecule has 0 bridgehead atoms. The number of alkyl halides is 1.